The first-order valence-electron chi connectivity index (χ1n) is 10.1. The van der Waals surface area contributed by atoms with Crippen molar-refractivity contribution in [1.29, 1.82) is 0 Å². The van der Waals surface area contributed by atoms with Crippen molar-refractivity contribution in [2.75, 3.05) is 26.2 Å². The van der Waals surface area contributed by atoms with Gasteiger partial charge in [-0.2, -0.15) is 5.10 Å². The number of aromatic nitrogens is 2. The monoisotopic (exact) mass is 437 g/mol. The summed E-state index contributed by atoms with van der Waals surface area (Å²) in [6.07, 6.45) is 2.12. The van der Waals surface area contributed by atoms with Crippen LogP contribution in [0.2, 0.25) is 0 Å². The Morgan fingerprint density at radius 2 is 1.66 bits per heavy atom. The maximum Gasteiger partial charge on any atom is 0.274 e. The number of benzene rings is 2. The van der Waals surface area contributed by atoms with Crippen LogP contribution in [0.1, 0.15) is 27.3 Å². The Hall–Kier alpha value is -4.08. The van der Waals surface area contributed by atoms with Crippen LogP contribution in [-0.2, 0) is 0 Å². The highest BCUT2D eigenvalue weighted by molar-refractivity contribution is 5.95. The second-order valence-corrected chi connectivity index (χ2v) is 7.34. The Balaban J connectivity index is 1.45. The zero-order chi connectivity index (χ0) is 22.7. The van der Waals surface area contributed by atoms with Gasteiger partial charge in [0.25, 0.3) is 17.5 Å². The molecule has 0 atom stereocenters. The first kappa shape index (κ1) is 21.2. The maximum absolute atomic E-state index is 14.0. The molecule has 2 amide bonds. The van der Waals surface area contributed by atoms with Crippen molar-refractivity contribution in [3.8, 4) is 5.69 Å². The van der Waals surface area contributed by atoms with E-state index in [4.69, 9.17) is 0 Å². The van der Waals surface area contributed by atoms with E-state index in [1.807, 2.05) is 0 Å². The first-order valence-corrected chi connectivity index (χ1v) is 10.1. The van der Waals surface area contributed by atoms with E-state index >= 15 is 0 Å². The van der Waals surface area contributed by atoms with Crippen molar-refractivity contribution in [3.05, 3.63) is 88.0 Å². The molecule has 1 aliphatic rings. The number of nitrogens with zero attached hydrogens (tertiary/aromatic N) is 5. The minimum absolute atomic E-state index is 0.0166. The van der Waals surface area contributed by atoms with Gasteiger partial charge in [-0.05, 0) is 30.7 Å². The molecule has 32 heavy (non-hydrogen) atoms. The van der Waals surface area contributed by atoms with Crippen molar-refractivity contribution in [2.24, 2.45) is 0 Å². The zero-order valence-electron chi connectivity index (χ0n) is 17.1. The van der Waals surface area contributed by atoms with Crippen molar-refractivity contribution in [3.63, 3.8) is 0 Å². The highest BCUT2D eigenvalue weighted by atomic mass is 19.1. The third-order valence-corrected chi connectivity index (χ3v) is 5.29. The summed E-state index contributed by atoms with van der Waals surface area (Å²) in [6.45, 7) is 1.43. The van der Waals surface area contributed by atoms with Crippen LogP contribution in [0.25, 0.3) is 5.69 Å². The van der Waals surface area contributed by atoms with Crippen molar-refractivity contribution in [1.82, 2.24) is 19.6 Å². The molecular weight excluding hydrogens is 417 g/mol. The summed E-state index contributed by atoms with van der Waals surface area (Å²) in [6, 6.07) is 13.4. The number of hydrogen-bond acceptors (Lipinski definition) is 5. The summed E-state index contributed by atoms with van der Waals surface area (Å²) in [5.74, 6) is -1.26. The quantitative estimate of drug-likeness (QED) is 0.461. The van der Waals surface area contributed by atoms with Gasteiger partial charge in [-0.3, -0.25) is 19.7 Å². The second kappa shape index (κ2) is 8.96. The van der Waals surface area contributed by atoms with E-state index in [0.717, 1.165) is 0 Å². The van der Waals surface area contributed by atoms with Crippen LogP contribution in [-0.4, -0.2) is 62.5 Å². The lowest BCUT2D eigenvalue weighted by atomic mass is 10.2. The van der Waals surface area contributed by atoms with Crippen LogP contribution in [0.3, 0.4) is 0 Å². The lowest BCUT2D eigenvalue weighted by Crippen LogP contribution is -2.37. The molecule has 0 bridgehead atoms. The highest BCUT2D eigenvalue weighted by Gasteiger charge is 2.26. The number of hydrogen-bond donors (Lipinski definition) is 0. The normalized spacial score (nSPS) is 14.2. The average molecular weight is 437 g/mol. The van der Waals surface area contributed by atoms with Gasteiger partial charge in [0, 0.05) is 44.5 Å². The predicted octanol–water partition coefficient (Wildman–Crippen LogP) is 2.91. The molecule has 0 radical (unpaired) electrons. The number of carbonyl (C=O) groups is 2. The molecule has 0 saturated carbocycles. The van der Waals surface area contributed by atoms with Gasteiger partial charge in [0.15, 0.2) is 5.69 Å². The molecule has 9 nitrogen and oxygen atoms in total. The molecule has 1 aromatic heterocycles. The van der Waals surface area contributed by atoms with Crippen molar-refractivity contribution < 1.29 is 18.9 Å². The largest absolute Gasteiger partial charge is 0.337 e. The maximum atomic E-state index is 14.0. The fourth-order valence-corrected chi connectivity index (χ4v) is 3.62. The average Bonchev–Trinajstić information content (AvgIpc) is 3.17. The van der Waals surface area contributed by atoms with Gasteiger partial charge in [-0.25, -0.2) is 9.07 Å². The number of nitro benzene ring substituents is 1. The topological polar surface area (TPSA) is 102 Å². The van der Waals surface area contributed by atoms with Gasteiger partial charge >= 0.3 is 0 Å². The number of halogens is 1. The van der Waals surface area contributed by atoms with Crippen LogP contribution >= 0.6 is 0 Å². The fraction of sp³-hybridized carbons (Fsp3) is 0.227. The molecular formula is C22H20FN5O4. The first-order chi connectivity index (χ1) is 15.4. The summed E-state index contributed by atoms with van der Waals surface area (Å²) in [5, 5.41) is 15.3. The fourth-order valence-electron chi connectivity index (χ4n) is 3.62. The van der Waals surface area contributed by atoms with E-state index in [9.17, 15) is 24.1 Å². The molecule has 4 rings (SSSR count). The summed E-state index contributed by atoms with van der Waals surface area (Å²) in [7, 11) is 0. The number of rotatable bonds is 4. The molecule has 2 aromatic carbocycles. The van der Waals surface area contributed by atoms with Crippen LogP contribution < -0.4 is 0 Å². The van der Waals surface area contributed by atoms with E-state index in [0.29, 0.717) is 31.7 Å². The van der Waals surface area contributed by atoms with Gasteiger partial charge in [-0.15, -0.1) is 0 Å². The van der Waals surface area contributed by atoms with E-state index < -0.39 is 16.6 Å². The van der Waals surface area contributed by atoms with Crippen LogP contribution in [0.5, 0.6) is 0 Å². The Kier molecular flexibility index (Phi) is 5.93. The summed E-state index contributed by atoms with van der Waals surface area (Å²) < 4.78 is 15.4. The minimum Gasteiger partial charge on any atom is -0.337 e. The number of amides is 2. The predicted molar refractivity (Wildman–Crippen MR) is 113 cm³/mol. The van der Waals surface area contributed by atoms with Crippen LogP contribution in [0.4, 0.5) is 10.1 Å². The third kappa shape index (κ3) is 4.34. The highest BCUT2D eigenvalue weighted by Crippen LogP contribution is 2.18. The number of nitro groups is 1. The molecule has 1 fully saturated rings. The van der Waals surface area contributed by atoms with Gasteiger partial charge in [0.1, 0.15) is 5.82 Å². The SMILES string of the molecule is O=C(c1ccn(-c2cccc([N+](=O)[O-])c2)n1)N1CCCN(C(=O)c2ccccc2F)CC1. The zero-order valence-corrected chi connectivity index (χ0v) is 17.1. The van der Waals surface area contributed by atoms with Gasteiger partial charge < -0.3 is 9.80 Å². The van der Waals surface area contributed by atoms with E-state index in [2.05, 4.69) is 5.10 Å². The molecule has 10 heteroatoms. The van der Waals surface area contributed by atoms with Gasteiger partial charge in [0.05, 0.1) is 16.2 Å². The Bertz CT molecular complexity index is 1180. The van der Waals surface area contributed by atoms with E-state index in [1.54, 1.807) is 40.3 Å². The molecule has 1 aliphatic heterocycles. The van der Waals surface area contributed by atoms with Gasteiger partial charge in [0.2, 0.25) is 0 Å². The van der Waals surface area contributed by atoms with Crippen LogP contribution in [0, 0.1) is 15.9 Å². The Morgan fingerprint density at radius 3 is 2.38 bits per heavy atom. The number of non-ortho nitro benzene ring substituents is 1. The lowest BCUT2D eigenvalue weighted by Gasteiger charge is -2.22. The third-order valence-electron chi connectivity index (χ3n) is 5.29. The molecule has 164 valence electrons. The smallest absolute Gasteiger partial charge is 0.274 e. The molecule has 3 aromatic rings. The van der Waals surface area contributed by atoms with Crippen molar-refractivity contribution >= 4 is 17.5 Å². The Morgan fingerprint density at radius 1 is 0.938 bits per heavy atom. The molecule has 0 spiro atoms. The molecule has 1 saturated heterocycles. The van der Waals surface area contributed by atoms with Crippen LogP contribution in [0.15, 0.2) is 60.8 Å². The Labute approximate surface area is 182 Å². The summed E-state index contributed by atoms with van der Waals surface area (Å²) in [5.41, 5.74) is 0.613. The standard InChI is InChI=1S/C22H20FN5O4/c23-19-8-2-1-7-18(19)21(29)25-10-4-11-26(14-13-25)22(30)20-9-12-27(24-20)16-5-3-6-17(15-16)28(31)32/h1-3,5-9,12,15H,4,10-11,13-14H2. The summed E-state index contributed by atoms with van der Waals surface area (Å²) in [4.78, 5) is 39.3. The number of carbonyl (C=O) groups excluding carboxylic acids is 2. The molecule has 0 unspecified atom stereocenters. The van der Waals surface area contributed by atoms with E-state index in [1.165, 1.54) is 35.0 Å². The summed E-state index contributed by atoms with van der Waals surface area (Å²) >= 11 is 0. The molecule has 0 aliphatic carbocycles. The van der Waals surface area contributed by atoms with E-state index in [-0.39, 0.29) is 29.4 Å². The molecule has 2 heterocycles. The lowest BCUT2D eigenvalue weighted by molar-refractivity contribution is -0.384. The second-order valence-electron chi connectivity index (χ2n) is 7.34. The van der Waals surface area contributed by atoms with Crippen molar-refractivity contribution in [2.45, 2.75) is 6.42 Å². The minimum atomic E-state index is -0.568. The van der Waals surface area contributed by atoms with Gasteiger partial charge in [-0.1, -0.05) is 18.2 Å². The molecule has 0 N–H and O–H groups in total.